The van der Waals surface area contributed by atoms with Gasteiger partial charge in [-0.3, -0.25) is 0 Å². The van der Waals surface area contributed by atoms with Gasteiger partial charge in [0.2, 0.25) is 0 Å². The van der Waals surface area contributed by atoms with E-state index in [1.165, 1.54) is 6.07 Å². The SMILES string of the molecule is Nc1ccc(N2CCC(CCC3CC(F)CCN3C(=O)OCc3ccccc3)CC2)c(F)c1. The number of benzene rings is 2. The number of hydrogen-bond donors (Lipinski definition) is 1. The highest BCUT2D eigenvalue weighted by atomic mass is 19.1. The number of alkyl halides is 1. The van der Waals surface area contributed by atoms with Crippen molar-refractivity contribution < 1.29 is 18.3 Å². The van der Waals surface area contributed by atoms with Crippen molar-refractivity contribution in [3.63, 3.8) is 0 Å². The summed E-state index contributed by atoms with van der Waals surface area (Å²) in [5.74, 6) is 0.203. The summed E-state index contributed by atoms with van der Waals surface area (Å²) in [4.78, 5) is 16.5. The predicted octanol–water partition coefficient (Wildman–Crippen LogP) is 5.54. The fourth-order valence-electron chi connectivity index (χ4n) is 4.99. The minimum atomic E-state index is -0.872. The second-order valence-corrected chi connectivity index (χ2v) is 9.23. The Morgan fingerprint density at radius 2 is 1.79 bits per heavy atom. The standard InChI is InChI=1S/C26H33F2N3O2/c27-21-12-15-31(26(32)33-18-20-4-2-1-3-5-20)23(16-21)8-6-19-10-13-30(14-11-19)25-9-7-22(29)17-24(25)28/h1-5,7,9,17,19,21,23H,6,8,10-16,18,29H2. The number of anilines is 2. The molecular formula is C26H33F2N3O2. The molecule has 7 heteroatoms. The number of nitrogens with two attached hydrogens (primary N) is 1. The van der Waals surface area contributed by atoms with Crippen molar-refractivity contribution in [2.75, 3.05) is 30.3 Å². The molecule has 2 fully saturated rings. The molecule has 2 saturated heterocycles. The van der Waals surface area contributed by atoms with Gasteiger partial charge in [0.25, 0.3) is 0 Å². The van der Waals surface area contributed by atoms with Crippen molar-refractivity contribution in [3.05, 3.63) is 59.9 Å². The summed E-state index contributed by atoms with van der Waals surface area (Å²) < 4.78 is 33.9. The lowest BCUT2D eigenvalue weighted by Gasteiger charge is -2.38. The van der Waals surface area contributed by atoms with Crippen LogP contribution in [0.4, 0.5) is 25.0 Å². The number of amides is 1. The monoisotopic (exact) mass is 457 g/mol. The first-order valence-electron chi connectivity index (χ1n) is 11.9. The van der Waals surface area contributed by atoms with Gasteiger partial charge < -0.3 is 20.3 Å². The van der Waals surface area contributed by atoms with Crippen LogP contribution in [0.1, 0.15) is 44.1 Å². The van der Waals surface area contributed by atoms with Crippen LogP contribution in [-0.4, -0.2) is 42.8 Å². The van der Waals surface area contributed by atoms with Crippen molar-refractivity contribution >= 4 is 17.5 Å². The molecule has 1 amide bonds. The van der Waals surface area contributed by atoms with E-state index in [1.807, 2.05) is 30.3 Å². The molecule has 33 heavy (non-hydrogen) atoms. The zero-order valence-electron chi connectivity index (χ0n) is 19.0. The van der Waals surface area contributed by atoms with E-state index in [4.69, 9.17) is 10.5 Å². The van der Waals surface area contributed by atoms with E-state index in [0.29, 0.717) is 36.7 Å². The third-order valence-electron chi connectivity index (χ3n) is 6.93. The van der Waals surface area contributed by atoms with E-state index >= 15 is 0 Å². The van der Waals surface area contributed by atoms with Gasteiger partial charge in [0.05, 0.1) is 5.69 Å². The second-order valence-electron chi connectivity index (χ2n) is 9.23. The highest BCUT2D eigenvalue weighted by molar-refractivity contribution is 5.68. The molecule has 4 rings (SSSR count). The van der Waals surface area contributed by atoms with E-state index in [1.54, 1.807) is 17.0 Å². The van der Waals surface area contributed by atoms with Gasteiger partial charge in [-0.05, 0) is 68.2 Å². The Labute approximate surface area is 194 Å². The molecule has 2 aromatic rings. The number of halogens is 2. The van der Waals surface area contributed by atoms with E-state index in [-0.39, 0.29) is 24.6 Å². The fraction of sp³-hybridized carbons (Fsp3) is 0.500. The van der Waals surface area contributed by atoms with Crippen LogP contribution in [0.15, 0.2) is 48.5 Å². The summed E-state index contributed by atoms with van der Waals surface area (Å²) in [6, 6.07) is 14.3. The average molecular weight is 458 g/mol. The summed E-state index contributed by atoms with van der Waals surface area (Å²) >= 11 is 0. The van der Waals surface area contributed by atoms with Crippen LogP contribution in [0.3, 0.4) is 0 Å². The number of likely N-dealkylation sites (tertiary alicyclic amines) is 1. The van der Waals surface area contributed by atoms with Crippen LogP contribution in [0.2, 0.25) is 0 Å². The molecule has 2 atom stereocenters. The number of ether oxygens (including phenoxy) is 1. The van der Waals surface area contributed by atoms with Gasteiger partial charge in [0.15, 0.2) is 0 Å². The number of hydrogen-bond acceptors (Lipinski definition) is 4. The quantitative estimate of drug-likeness (QED) is 0.579. The van der Waals surface area contributed by atoms with Crippen LogP contribution in [0.25, 0.3) is 0 Å². The zero-order valence-corrected chi connectivity index (χ0v) is 19.0. The van der Waals surface area contributed by atoms with Crippen LogP contribution >= 0.6 is 0 Å². The van der Waals surface area contributed by atoms with Crippen LogP contribution < -0.4 is 10.6 Å². The molecular weight excluding hydrogens is 424 g/mol. The van der Waals surface area contributed by atoms with E-state index in [9.17, 15) is 13.6 Å². The Kier molecular flexibility index (Phi) is 7.68. The van der Waals surface area contributed by atoms with Crippen LogP contribution in [0.5, 0.6) is 0 Å². The van der Waals surface area contributed by atoms with E-state index in [0.717, 1.165) is 44.3 Å². The smallest absolute Gasteiger partial charge is 0.410 e. The lowest BCUT2D eigenvalue weighted by molar-refractivity contribution is 0.0455. The van der Waals surface area contributed by atoms with Crippen molar-refractivity contribution in [2.45, 2.75) is 57.3 Å². The molecule has 2 heterocycles. The van der Waals surface area contributed by atoms with Crippen LogP contribution in [-0.2, 0) is 11.3 Å². The Bertz CT molecular complexity index is 919. The third kappa shape index (κ3) is 6.15. The maximum atomic E-state index is 14.2. The molecule has 2 unspecified atom stereocenters. The summed E-state index contributed by atoms with van der Waals surface area (Å²) in [5, 5.41) is 0. The Morgan fingerprint density at radius 1 is 1.03 bits per heavy atom. The lowest BCUT2D eigenvalue weighted by Crippen LogP contribution is -2.47. The molecule has 2 aliphatic rings. The predicted molar refractivity (Wildman–Crippen MR) is 126 cm³/mol. The first-order chi connectivity index (χ1) is 16.0. The van der Waals surface area contributed by atoms with Gasteiger partial charge in [-0.2, -0.15) is 0 Å². The van der Waals surface area contributed by atoms with Gasteiger partial charge in [-0.1, -0.05) is 30.3 Å². The second kappa shape index (κ2) is 10.9. The highest BCUT2D eigenvalue weighted by Crippen LogP contribution is 2.31. The van der Waals surface area contributed by atoms with Gasteiger partial charge in [0, 0.05) is 31.4 Å². The number of carbonyl (C=O) groups is 1. The summed E-state index contributed by atoms with van der Waals surface area (Å²) in [6.45, 7) is 2.19. The minimum absolute atomic E-state index is 0.135. The van der Waals surface area contributed by atoms with Crippen LogP contribution in [0, 0.1) is 11.7 Å². The maximum Gasteiger partial charge on any atom is 0.410 e. The normalized spacial score (nSPS) is 21.8. The molecule has 0 saturated carbocycles. The molecule has 0 radical (unpaired) electrons. The summed E-state index contributed by atoms with van der Waals surface area (Å²) in [5.41, 5.74) is 7.62. The number of piperidine rings is 2. The van der Waals surface area contributed by atoms with Gasteiger partial charge in [-0.25, -0.2) is 13.6 Å². The molecule has 178 valence electrons. The van der Waals surface area contributed by atoms with Gasteiger partial charge in [0.1, 0.15) is 18.6 Å². The molecule has 2 aromatic carbocycles. The molecule has 0 aliphatic carbocycles. The number of nitrogen functional groups attached to an aromatic ring is 1. The summed E-state index contributed by atoms with van der Waals surface area (Å²) in [6.07, 6.45) is 3.10. The first-order valence-corrected chi connectivity index (χ1v) is 11.9. The Balaban J connectivity index is 1.27. The largest absolute Gasteiger partial charge is 0.445 e. The number of carbonyl (C=O) groups excluding carboxylic acids is 1. The zero-order chi connectivity index (χ0) is 23.2. The van der Waals surface area contributed by atoms with Gasteiger partial charge >= 0.3 is 6.09 Å². The number of nitrogens with zero attached hydrogens (tertiary/aromatic N) is 2. The Hall–Kier alpha value is -2.83. The molecule has 0 aromatic heterocycles. The summed E-state index contributed by atoms with van der Waals surface area (Å²) in [7, 11) is 0. The first kappa shape index (κ1) is 23.3. The molecule has 5 nitrogen and oxygen atoms in total. The fourth-order valence-corrected chi connectivity index (χ4v) is 4.99. The molecule has 2 aliphatic heterocycles. The third-order valence-corrected chi connectivity index (χ3v) is 6.93. The van der Waals surface area contributed by atoms with Gasteiger partial charge in [-0.15, -0.1) is 0 Å². The van der Waals surface area contributed by atoms with Crippen molar-refractivity contribution in [1.29, 1.82) is 0 Å². The maximum absolute atomic E-state index is 14.2. The van der Waals surface area contributed by atoms with Crippen molar-refractivity contribution in [3.8, 4) is 0 Å². The lowest BCUT2D eigenvalue weighted by atomic mass is 9.87. The number of rotatable bonds is 6. The highest BCUT2D eigenvalue weighted by Gasteiger charge is 2.33. The average Bonchev–Trinajstić information content (AvgIpc) is 2.82. The van der Waals surface area contributed by atoms with Crippen molar-refractivity contribution in [1.82, 2.24) is 4.90 Å². The topological polar surface area (TPSA) is 58.8 Å². The Morgan fingerprint density at radius 3 is 2.52 bits per heavy atom. The minimum Gasteiger partial charge on any atom is -0.445 e. The van der Waals surface area contributed by atoms with Crippen molar-refractivity contribution in [2.24, 2.45) is 5.92 Å². The molecule has 2 N–H and O–H groups in total. The van der Waals surface area contributed by atoms with E-state index < -0.39 is 6.17 Å². The molecule has 0 bridgehead atoms. The van der Waals surface area contributed by atoms with E-state index in [2.05, 4.69) is 4.90 Å². The molecule has 0 spiro atoms.